The van der Waals surface area contributed by atoms with Gasteiger partial charge in [0.05, 0.1) is 18.7 Å². The van der Waals surface area contributed by atoms with Crippen molar-refractivity contribution in [3.05, 3.63) is 59.7 Å². The van der Waals surface area contributed by atoms with Gasteiger partial charge in [-0.1, -0.05) is 6.92 Å². The summed E-state index contributed by atoms with van der Waals surface area (Å²) in [5.74, 6) is -7.05. The van der Waals surface area contributed by atoms with Crippen molar-refractivity contribution in [1.29, 1.82) is 0 Å². The van der Waals surface area contributed by atoms with Crippen LogP contribution in [0.4, 0.5) is 18.9 Å². The number of aromatic nitrogens is 1. The first-order valence-electron chi connectivity index (χ1n) is 8.99. The fourth-order valence-electron chi connectivity index (χ4n) is 2.49. The van der Waals surface area contributed by atoms with Crippen molar-refractivity contribution in [3.8, 4) is 0 Å². The number of ether oxygens (including phenoxy) is 1. The maximum Gasteiger partial charge on any atom is 0.307 e. The van der Waals surface area contributed by atoms with Crippen LogP contribution in [0.25, 0.3) is 0 Å². The van der Waals surface area contributed by atoms with Gasteiger partial charge in [-0.05, 0) is 42.7 Å². The van der Waals surface area contributed by atoms with Crippen LogP contribution >= 0.6 is 0 Å². The molecule has 2 amide bonds. The summed E-state index contributed by atoms with van der Waals surface area (Å²) in [5.41, 5.74) is 0.318. The molecule has 0 aliphatic heterocycles. The smallest absolute Gasteiger partial charge is 0.307 e. The Labute approximate surface area is 170 Å². The van der Waals surface area contributed by atoms with Gasteiger partial charge in [-0.3, -0.25) is 19.4 Å². The van der Waals surface area contributed by atoms with E-state index in [-0.39, 0.29) is 12.3 Å². The second-order valence-electron chi connectivity index (χ2n) is 6.51. The Morgan fingerprint density at radius 1 is 1.03 bits per heavy atom. The van der Waals surface area contributed by atoms with Gasteiger partial charge in [0.25, 0.3) is 5.91 Å². The zero-order valence-electron chi connectivity index (χ0n) is 16.2. The molecule has 1 aromatic carbocycles. The van der Waals surface area contributed by atoms with Crippen molar-refractivity contribution in [3.63, 3.8) is 0 Å². The summed E-state index contributed by atoms with van der Waals surface area (Å²) < 4.78 is 44.6. The molecule has 0 spiro atoms. The van der Waals surface area contributed by atoms with E-state index >= 15 is 0 Å². The monoisotopic (exact) mass is 423 g/mol. The molecule has 2 aromatic rings. The number of hydrogen-bond donors (Lipinski definition) is 2. The summed E-state index contributed by atoms with van der Waals surface area (Å²) in [6.45, 7) is 2.56. The lowest BCUT2D eigenvalue weighted by molar-refractivity contribution is -0.155. The van der Waals surface area contributed by atoms with Crippen LogP contribution in [0.2, 0.25) is 0 Å². The van der Waals surface area contributed by atoms with Crippen molar-refractivity contribution in [2.45, 2.75) is 32.3 Å². The zero-order valence-corrected chi connectivity index (χ0v) is 16.2. The predicted molar refractivity (Wildman–Crippen MR) is 101 cm³/mol. The van der Waals surface area contributed by atoms with Gasteiger partial charge in [-0.2, -0.15) is 0 Å². The van der Waals surface area contributed by atoms with Gasteiger partial charge in [-0.15, -0.1) is 0 Å². The lowest BCUT2D eigenvalue weighted by atomic mass is 9.99. The van der Waals surface area contributed by atoms with Crippen LogP contribution in [0, 0.1) is 17.5 Å². The maximum absolute atomic E-state index is 13.5. The normalized spacial score (nSPS) is 12.6. The summed E-state index contributed by atoms with van der Waals surface area (Å²) in [5, 5.41) is 4.22. The minimum Gasteiger partial charge on any atom is -0.453 e. The highest BCUT2D eigenvalue weighted by Crippen LogP contribution is 2.20. The van der Waals surface area contributed by atoms with E-state index in [9.17, 15) is 27.6 Å². The third kappa shape index (κ3) is 6.29. The summed E-state index contributed by atoms with van der Waals surface area (Å²) in [6.07, 6.45) is 2.07. The van der Waals surface area contributed by atoms with E-state index in [0.717, 1.165) is 11.6 Å². The number of carbonyl (C=O) groups is 3. The third-order valence-electron chi connectivity index (χ3n) is 4.16. The highest BCUT2D eigenvalue weighted by atomic mass is 19.2. The van der Waals surface area contributed by atoms with E-state index in [2.05, 4.69) is 10.3 Å². The van der Waals surface area contributed by atoms with Gasteiger partial charge in [0, 0.05) is 12.4 Å². The van der Waals surface area contributed by atoms with Gasteiger partial charge in [0.15, 0.2) is 23.6 Å². The predicted octanol–water partition coefficient (Wildman–Crippen LogP) is 2.68. The number of esters is 1. The molecular formula is C20H20F3N3O4. The minimum absolute atomic E-state index is 0.0392. The molecule has 2 rings (SSSR count). The van der Waals surface area contributed by atoms with E-state index < -0.39 is 53.6 Å². The number of benzene rings is 1. The van der Waals surface area contributed by atoms with Crippen LogP contribution < -0.4 is 10.6 Å². The van der Waals surface area contributed by atoms with Gasteiger partial charge >= 0.3 is 5.97 Å². The molecule has 30 heavy (non-hydrogen) atoms. The first kappa shape index (κ1) is 22.9. The molecule has 0 saturated heterocycles. The first-order valence-corrected chi connectivity index (χ1v) is 8.99. The lowest BCUT2D eigenvalue weighted by Gasteiger charge is -2.16. The lowest BCUT2D eigenvalue weighted by Crippen LogP contribution is -2.40. The molecule has 2 N–H and O–H groups in total. The molecule has 7 nitrogen and oxygen atoms in total. The molecule has 0 fully saturated rings. The van der Waals surface area contributed by atoms with Gasteiger partial charge < -0.3 is 15.4 Å². The molecule has 1 heterocycles. The van der Waals surface area contributed by atoms with E-state index in [0.29, 0.717) is 6.07 Å². The first-order chi connectivity index (χ1) is 14.2. The Hall–Kier alpha value is -3.43. The maximum atomic E-state index is 13.5. The SMILES string of the molecule is C[C@H](OC(=O)C[C@H](C)c1ccncc1)C(=O)NCC(=O)Nc1ccc(F)c(F)c1F. The Balaban J connectivity index is 1.79. The number of rotatable bonds is 8. The minimum atomic E-state index is -1.72. The third-order valence-corrected chi connectivity index (χ3v) is 4.16. The van der Waals surface area contributed by atoms with E-state index in [1.54, 1.807) is 24.5 Å². The Bertz CT molecular complexity index is 925. The number of halogens is 3. The molecule has 0 aliphatic carbocycles. The number of hydrogen-bond acceptors (Lipinski definition) is 5. The fraction of sp³-hybridized carbons (Fsp3) is 0.300. The van der Waals surface area contributed by atoms with E-state index in [1.165, 1.54) is 6.92 Å². The molecule has 1 aromatic heterocycles. The van der Waals surface area contributed by atoms with E-state index in [1.807, 2.05) is 12.2 Å². The van der Waals surface area contributed by atoms with E-state index in [4.69, 9.17) is 4.74 Å². The summed E-state index contributed by atoms with van der Waals surface area (Å²) in [7, 11) is 0. The molecule has 10 heteroatoms. The van der Waals surface area contributed by atoms with Crippen LogP contribution in [-0.4, -0.2) is 35.4 Å². The molecular weight excluding hydrogens is 403 g/mol. The highest BCUT2D eigenvalue weighted by molar-refractivity contribution is 5.95. The van der Waals surface area contributed by atoms with Crippen LogP contribution in [-0.2, 0) is 19.1 Å². The number of nitrogens with one attached hydrogen (secondary N) is 2. The largest absolute Gasteiger partial charge is 0.453 e. The Morgan fingerprint density at radius 2 is 1.70 bits per heavy atom. The zero-order chi connectivity index (χ0) is 22.3. The molecule has 160 valence electrons. The average Bonchev–Trinajstić information content (AvgIpc) is 2.72. The molecule has 0 unspecified atom stereocenters. The van der Waals surface area contributed by atoms with Crippen molar-refractivity contribution in [2.24, 2.45) is 0 Å². The highest BCUT2D eigenvalue weighted by Gasteiger charge is 2.21. The van der Waals surface area contributed by atoms with Crippen LogP contribution in [0.15, 0.2) is 36.7 Å². The Kier molecular flexibility index (Phi) is 7.90. The van der Waals surface area contributed by atoms with Crippen LogP contribution in [0.5, 0.6) is 0 Å². The number of pyridine rings is 1. The van der Waals surface area contributed by atoms with Gasteiger partial charge in [-0.25, -0.2) is 13.2 Å². The van der Waals surface area contributed by atoms with Crippen molar-refractivity contribution >= 4 is 23.5 Å². The summed E-state index contributed by atoms with van der Waals surface area (Å²) >= 11 is 0. The summed E-state index contributed by atoms with van der Waals surface area (Å²) in [6, 6.07) is 5.04. The average molecular weight is 423 g/mol. The quantitative estimate of drug-likeness (QED) is 0.503. The molecule has 0 radical (unpaired) electrons. The second-order valence-corrected chi connectivity index (χ2v) is 6.51. The molecule has 0 bridgehead atoms. The van der Waals surface area contributed by atoms with Gasteiger partial charge in [0.2, 0.25) is 5.91 Å². The van der Waals surface area contributed by atoms with Crippen LogP contribution in [0.3, 0.4) is 0 Å². The topological polar surface area (TPSA) is 97.4 Å². The van der Waals surface area contributed by atoms with Crippen molar-refractivity contribution in [2.75, 3.05) is 11.9 Å². The molecule has 0 aliphatic rings. The Morgan fingerprint density at radius 3 is 2.37 bits per heavy atom. The van der Waals surface area contributed by atoms with Crippen LogP contribution in [0.1, 0.15) is 31.7 Å². The van der Waals surface area contributed by atoms with Gasteiger partial charge in [0.1, 0.15) is 0 Å². The number of carbonyl (C=O) groups excluding carboxylic acids is 3. The van der Waals surface area contributed by atoms with Crippen molar-refractivity contribution in [1.82, 2.24) is 10.3 Å². The fourth-order valence-corrected chi connectivity index (χ4v) is 2.49. The molecule has 2 atom stereocenters. The standard InChI is InChI=1S/C20H20F3N3O4/c1-11(13-5-7-24-8-6-13)9-17(28)30-12(2)20(29)25-10-16(27)26-15-4-3-14(21)18(22)19(15)23/h3-8,11-12H,9-10H2,1-2H3,(H,25,29)(H,26,27)/t11-,12-/m0/s1. The molecule has 0 saturated carbocycles. The van der Waals surface area contributed by atoms with Crippen molar-refractivity contribution < 1.29 is 32.3 Å². The second kappa shape index (κ2) is 10.4. The number of anilines is 1. The summed E-state index contributed by atoms with van der Waals surface area (Å²) in [4.78, 5) is 39.7. The number of nitrogens with zero attached hydrogens (tertiary/aromatic N) is 1. The number of amides is 2.